The average molecular weight is 225 g/mol. The van der Waals surface area contributed by atoms with Crippen molar-refractivity contribution in [1.82, 2.24) is 10.2 Å². The van der Waals surface area contributed by atoms with Crippen molar-refractivity contribution in [3.05, 3.63) is 0 Å². The van der Waals surface area contributed by atoms with Crippen molar-refractivity contribution < 1.29 is 4.79 Å². The van der Waals surface area contributed by atoms with Gasteiger partial charge in [-0.25, -0.2) is 0 Å². The SMILES string of the molecule is NC(=O)CCCCNC1CCN2CCC1C2. The predicted molar refractivity (Wildman–Crippen MR) is 64.0 cm³/mol. The summed E-state index contributed by atoms with van der Waals surface area (Å²) in [5.74, 6) is 0.689. The van der Waals surface area contributed by atoms with Crippen LogP contribution in [0.4, 0.5) is 0 Å². The highest BCUT2D eigenvalue weighted by atomic mass is 16.1. The van der Waals surface area contributed by atoms with Gasteiger partial charge in [-0.3, -0.25) is 4.79 Å². The fourth-order valence-electron chi connectivity index (χ4n) is 2.93. The molecule has 2 heterocycles. The summed E-state index contributed by atoms with van der Waals surface area (Å²) in [6.07, 6.45) is 5.17. The summed E-state index contributed by atoms with van der Waals surface area (Å²) < 4.78 is 0. The van der Waals surface area contributed by atoms with E-state index in [-0.39, 0.29) is 5.91 Å². The van der Waals surface area contributed by atoms with Gasteiger partial charge in [0.1, 0.15) is 0 Å². The van der Waals surface area contributed by atoms with E-state index in [4.69, 9.17) is 5.73 Å². The van der Waals surface area contributed by atoms with Gasteiger partial charge in [0.2, 0.25) is 5.91 Å². The van der Waals surface area contributed by atoms with Gasteiger partial charge in [0.25, 0.3) is 0 Å². The molecule has 2 fully saturated rings. The first-order chi connectivity index (χ1) is 7.75. The number of unbranched alkanes of at least 4 members (excludes halogenated alkanes) is 1. The largest absolute Gasteiger partial charge is 0.370 e. The van der Waals surface area contributed by atoms with Crippen LogP contribution >= 0.6 is 0 Å². The number of piperidine rings is 1. The molecule has 0 radical (unpaired) electrons. The third kappa shape index (κ3) is 3.19. The monoisotopic (exact) mass is 225 g/mol. The molecule has 2 aliphatic heterocycles. The zero-order valence-corrected chi connectivity index (χ0v) is 9.95. The molecule has 0 aromatic rings. The van der Waals surface area contributed by atoms with Crippen molar-refractivity contribution in [2.45, 2.75) is 38.1 Å². The van der Waals surface area contributed by atoms with Crippen LogP contribution in [0, 0.1) is 5.92 Å². The van der Waals surface area contributed by atoms with Gasteiger partial charge in [-0.05, 0) is 51.2 Å². The minimum absolute atomic E-state index is 0.177. The lowest BCUT2D eigenvalue weighted by atomic mass is 9.94. The van der Waals surface area contributed by atoms with Gasteiger partial charge in [0.15, 0.2) is 0 Å². The Bertz CT molecular complexity index is 244. The van der Waals surface area contributed by atoms with Crippen LogP contribution in [-0.2, 0) is 4.79 Å². The zero-order chi connectivity index (χ0) is 11.4. The molecule has 3 atom stereocenters. The lowest BCUT2D eigenvalue weighted by Gasteiger charge is -2.31. The fourth-order valence-corrected chi connectivity index (χ4v) is 2.93. The summed E-state index contributed by atoms with van der Waals surface area (Å²) in [4.78, 5) is 13.1. The second kappa shape index (κ2) is 5.64. The van der Waals surface area contributed by atoms with Crippen molar-refractivity contribution in [3.8, 4) is 0 Å². The Hall–Kier alpha value is -0.610. The second-order valence-electron chi connectivity index (χ2n) is 5.12. The normalized spacial score (nSPS) is 32.9. The lowest BCUT2D eigenvalue weighted by Crippen LogP contribution is -2.44. The van der Waals surface area contributed by atoms with E-state index in [1.807, 2.05) is 0 Å². The molecule has 1 amide bonds. The minimum Gasteiger partial charge on any atom is -0.370 e. The number of nitrogens with two attached hydrogens (primary N) is 1. The van der Waals surface area contributed by atoms with Gasteiger partial charge in [0, 0.05) is 19.0 Å². The van der Waals surface area contributed by atoms with Crippen molar-refractivity contribution in [1.29, 1.82) is 0 Å². The van der Waals surface area contributed by atoms with Crippen LogP contribution in [-0.4, -0.2) is 43.0 Å². The van der Waals surface area contributed by atoms with E-state index in [2.05, 4.69) is 10.2 Å². The smallest absolute Gasteiger partial charge is 0.217 e. The van der Waals surface area contributed by atoms with Crippen molar-refractivity contribution in [2.24, 2.45) is 11.7 Å². The molecule has 2 aliphatic rings. The first-order valence-corrected chi connectivity index (χ1v) is 6.50. The van der Waals surface area contributed by atoms with E-state index in [9.17, 15) is 4.79 Å². The lowest BCUT2D eigenvalue weighted by molar-refractivity contribution is -0.118. The van der Waals surface area contributed by atoms with E-state index in [1.54, 1.807) is 0 Å². The minimum atomic E-state index is -0.177. The van der Waals surface area contributed by atoms with Crippen LogP contribution in [0.5, 0.6) is 0 Å². The number of primary amides is 1. The highest BCUT2D eigenvalue weighted by Gasteiger charge is 2.33. The highest BCUT2D eigenvalue weighted by Crippen LogP contribution is 2.26. The summed E-state index contributed by atoms with van der Waals surface area (Å²) in [7, 11) is 0. The molecular formula is C12H23N3O. The molecule has 3 unspecified atom stereocenters. The number of nitrogens with zero attached hydrogens (tertiary/aromatic N) is 1. The Morgan fingerprint density at radius 1 is 1.31 bits per heavy atom. The van der Waals surface area contributed by atoms with Gasteiger partial charge in [-0.15, -0.1) is 0 Å². The molecule has 4 heteroatoms. The van der Waals surface area contributed by atoms with Crippen molar-refractivity contribution in [2.75, 3.05) is 26.2 Å². The Labute approximate surface area is 97.6 Å². The van der Waals surface area contributed by atoms with Gasteiger partial charge in [0.05, 0.1) is 0 Å². The molecule has 0 aromatic heterocycles. The zero-order valence-electron chi connectivity index (χ0n) is 9.95. The van der Waals surface area contributed by atoms with Gasteiger partial charge < -0.3 is 16.0 Å². The molecule has 0 saturated carbocycles. The highest BCUT2D eigenvalue weighted by molar-refractivity contribution is 5.73. The van der Waals surface area contributed by atoms with Crippen molar-refractivity contribution >= 4 is 5.91 Å². The van der Waals surface area contributed by atoms with E-state index >= 15 is 0 Å². The summed E-state index contributed by atoms with van der Waals surface area (Å²) >= 11 is 0. The first-order valence-electron chi connectivity index (χ1n) is 6.50. The van der Waals surface area contributed by atoms with E-state index in [1.165, 1.54) is 32.5 Å². The summed E-state index contributed by atoms with van der Waals surface area (Å²) in [6.45, 7) is 4.88. The number of hydrogen-bond acceptors (Lipinski definition) is 3. The topological polar surface area (TPSA) is 58.4 Å². The molecule has 0 aliphatic carbocycles. The predicted octanol–water partition coefficient (Wildman–Crippen LogP) is 0.326. The number of fused-ring (bicyclic) bond motifs is 2. The van der Waals surface area contributed by atoms with Crippen LogP contribution in [0.3, 0.4) is 0 Å². The molecule has 92 valence electrons. The summed E-state index contributed by atoms with van der Waals surface area (Å²) in [5.41, 5.74) is 5.10. The van der Waals surface area contributed by atoms with Crippen LogP contribution in [0.2, 0.25) is 0 Å². The maximum Gasteiger partial charge on any atom is 0.217 e. The number of carbonyl (C=O) groups excluding carboxylic acids is 1. The van der Waals surface area contributed by atoms with Crippen molar-refractivity contribution in [3.63, 3.8) is 0 Å². The maximum atomic E-state index is 10.6. The molecular weight excluding hydrogens is 202 g/mol. The number of carbonyl (C=O) groups is 1. The number of hydrogen-bond donors (Lipinski definition) is 2. The van der Waals surface area contributed by atoms with Gasteiger partial charge >= 0.3 is 0 Å². The van der Waals surface area contributed by atoms with Crippen LogP contribution in [0.1, 0.15) is 32.1 Å². The van der Waals surface area contributed by atoms with Crippen LogP contribution in [0.15, 0.2) is 0 Å². The third-order valence-corrected chi connectivity index (χ3v) is 3.89. The summed E-state index contributed by atoms with van der Waals surface area (Å²) in [5, 5.41) is 3.64. The van der Waals surface area contributed by atoms with E-state index < -0.39 is 0 Å². The molecule has 0 aromatic carbocycles. The molecule has 2 bridgehead atoms. The first kappa shape index (κ1) is 11.9. The van der Waals surface area contributed by atoms with E-state index in [0.29, 0.717) is 12.5 Å². The second-order valence-corrected chi connectivity index (χ2v) is 5.12. The number of nitrogens with one attached hydrogen (secondary N) is 1. The molecule has 2 saturated heterocycles. The Kier molecular flexibility index (Phi) is 4.18. The fraction of sp³-hybridized carbons (Fsp3) is 0.917. The maximum absolute atomic E-state index is 10.6. The molecule has 0 spiro atoms. The number of rotatable bonds is 6. The third-order valence-electron chi connectivity index (χ3n) is 3.89. The molecule has 3 N–H and O–H groups in total. The summed E-state index contributed by atoms with van der Waals surface area (Å²) in [6, 6.07) is 0.715. The van der Waals surface area contributed by atoms with E-state index in [0.717, 1.165) is 25.3 Å². The Balaban J connectivity index is 1.57. The number of amides is 1. The van der Waals surface area contributed by atoms with Gasteiger partial charge in [-0.2, -0.15) is 0 Å². The van der Waals surface area contributed by atoms with Crippen LogP contribution in [0.25, 0.3) is 0 Å². The molecule has 4 nitrogen and oxygen atoms in total. The Morgan fingerprint density at radius 3 is 2.94 bits per heavy atom. The molecule has 16 heavy (non-hydrogen) atoms. The van der Waals surface area contributed by atoms with Gasteiger partial charge in [-0.1, -0.05) is 0 Å². The Morgan fingerprint density at radius 2 is 2.12 bits per heavy atom. The van der Waals surface area contributed by atoms with Crippen LogP contribution < -0.4 is 11.1 Å². The average Bonchev–Trinajstić information content (AvgIpc) is 2.63. The quantitative estimate of drug-likeness (QED) is 0.640. The standard InChI is InChI=1S/C12H23N3O/c13-12(16)3-1-2-6-14-11-5-8-15-7-4-10(11)9-15/h10-11,14H,1-9H2,(H2,13,16). The molecule has 2 rings (SSSR count).